The Labute approximate surface area is 186 Å². The maximum atomic E-state index is 15.2. The first kappa shape index (κ1) is 21.1. The summed E-state index contributed by atoms with van der Waals surface area (Å²) < 4.78 is 34.8. The average molecular weight is 453 g/mol. The maximum Gasteiger partial charge on any atom is 0.269 e. The number of furan rings is 1. The first-order valence-corrected chi connectivity index (χ1v) is 10.5. The third kappa shape index (κ3) is 3.72. The lowest BCUT2D eigenvalue weighted by molar-refractivity contribution is 0.0957. The Bertz CT molecular complexity index is 1420. The van der Waals surface area contributed by atoms with Crippen LogP contribution in [0.4, 0.5) is 14.5 Å². The van der Waals surface area contributed by atoms with Crippen molar-refractivity contribution >= 4 is 33.3 Å². The van der Waals surface area contributed by atoms with Crippen LogP contribution < -0.4 is 15.8 Å². The van der Waals surface area contributed by atoms with E-state index in [2.05, 4.69) is 20.2 Å². The Kier molecular flexibility index (Phi) is 5.29. The quantitative estimate of drug-likeness (QED) is 0.462. The predicted octanol–water partition coefficient (Wildman–Crippen LogP) is 2.63. The number of nitrogens with one attached hydrogen (secondary N) is 2. The van der Waals surface area contributed by atoms with Crippen LogP contribution in [0.5, 0.6) is 0 Å². The summed E-state index contributed by atoms with van der Waals surface area (Å²) in [7, 11) is 1.46. The number of piperazine rings is 1. The van der Waals surface area contributed by atoms with Gasteiger partial charge in [-0.25, -0.2) is 9.37 Å². The standard InChI is InChI=1S/C23H21F2N5O3/c1-26-23(32)17-4-5-18(21(25)27-17)30-8-6-29(7-9-30)10-13-2-3-14-15-11-33-12-16(15)22(31)28-20(14)19(13)24/h2-5,11-12H,6-10H2,1H3,(H,26,32)(H,28,31). The van der Waals surface area contributed by atoms with Crippen molar-refractivity contribution in [2.24, 2.45) is 0 Å². The molecule has 4 aromatic rings. The number of fused-ring (bicyclic) bond motifs is 3. The summed E-state index contributed by atoms with van der Waals surface area (Å²) >= 11 is 0. The number of halogens is 2. The fourth-order valence-electron chi connectivity index (χ4n) is 4.26. The van der Waals surface area contributed by atoms with Crippen molar-refractivity contribution in [1.29, 1.82) is 0 Å². The fourth-order valence-corrected chi connectivity index (χ4v) is 4.26. The number of benzene rings is 1. The molecule has 4 heterocycles. The van der Waals surface area contributed by atoms with Crippen LogP contribution in [0.25, 0.3) is 21.7 Å². The van der Waals surface area contributed by atoms with Crippen LogP contribution in [0, 0.1) is 11.8 Å². The fraction of sp³-hybridized carbons (Fsp3) is 0.261. The molecule has 8 nitrogen and oxygen atoms in total. The molecule has 10 heteroatoms. The molecule has 1 saturated heterocycles. The van der Waals surface area contributed by atoms with Crippen molar-refractivity contribution in [2.75, 3.05) is 38.1 Å². The summed E-state index contributed by atoms with van der Waals surface area (Å²) in [4.78, 5) is 34.2. The summed E-state index contributed by atoms with van der Waals surface area (Å²) in [6.45, 7) is 2.59. The van der Waals surface area contributed by atoms with Gasteiger partial charge in [-0.05, 0) is 12.1 Å². The molecular weight excluding hydrogens is 432 g/mol. The number of rotatable bonds is 4. The number of hydrogen-bond donors (Lipinski definition) is 2. The van der Waals surface area contributed by atoms with Gasteiger partial charge in [-0.3, -0.25) is 14.5 Å². The predicted molar refractivity (Wildman–Crippen MR) is 119 cm³/mol. The molecule has 0 atom stereocenters. The third-order valence-electron chi connectivity index (χ3n) is 6.05. The number of nitrogens with zero attached hydrogens (tertiary/aromatic N) is 3. The number of amides is 1. The second-order valence-corrected chi connectivity index (χ2v) is 7.96. The monoisotopic (exact) mass is 453 g/mol. The highest BCUT2D eigenvalue weighted by atomic mass is 19.1. The van der Waals surface area contributed by atoms with Crippen molar-refractivity contribution in [3.63, 3.8) is 0 Å². The lowest BCUT2D eigenvalue weighted by Gasteiger charge is -2.36. The van der Waals surface area contributed by atoms with Gasteiger partial charge in [0.15, 0.2) is 5.82 Å². The number of aromatic amines is 1. The van der Waals surface area contributed by atoms with Crippen molar-refractivity contribution < 1.29 is 18.0 Å². The van der Waals surface area contributed by atoms with Gasteiger partial charge in [-0.2, -0.15) is 4.39 Å². The molecule has 33 heavy (non-hydrogen) atoms. The molecule has 0 unspecified atom stereocenters. The lowest BCUT2D eigenvalue weighted by atomic mass is 10.1. The Morgan fingerprint density at radius 1 is 1.09 bits per heavy atom. The van der Waals surface area contributed by atoms with Crippen LogP contribution in [0.3, 0.4) is 0 Å². The lowest BCUT2D eigenvalue weighted by Crippen LogP contribution is -2.46. The van der Waals surface area contributed by atoms with Gasteiger partial charge >= 0.3 is 0 Å². The van der Waals surface area contributed by atoms with Gasteiger partial charge < -0.3 is 19.6 Å². The van der Waals surface area contributed by atoms with Crippen molar-refractivity contribution in [1.82, 2.24) is 20.2 Å². The average Bonchev–Trinajstić information content (AvgIpc) is 3.32. The highest BCUT2D eigenvalue weighted by Crippen LogP contribution is 2.27. The SMILES string of the molecule is CNC(=O)c1ccc(N2CCN(Cc3ccc4c([nH]c(=O)c5cocc54)c3F)CC2)c(F)n1. The molecular formula is C23H21F2N5O3. The van der Waals surface area contributed by atoms with E-state index in [9.17, 15) is 14.0 Å². The maximum absolute atomic E-state index is 15.2. The molecule has 1 amide bonds. The number of H-pyrrole nitrogens is 1. The van der Waals surface area contributed by atoms with E-state index in [0.29, 0.717) is 60.1 Å². The molecule has 0 aliphatic carbocycles. The molecule has 170 valence electrons. The second kappa shape index (κ2) is 8.28. The zero-order chi connectivity index (χ0) is 23.1. The van der Waals surface area contributed by atoms with Crippen LogP contribution in [-0.4, -0.2) is 54.0 Å². The van der Waals surface area contributed by atoms with Gasteiger partial charge in [0.1, 0.15) is 12.0 Å². The second-order valence-electron chi connectivity index (χ2n) is 7.96. The highest BCUT2D eigenvalue weighted by Gasteiger charge is 2.23. The topological polar surface area (TPSA) is 94.5 Å². The van der Waals surface area contributed by atoms with E-state index >= 15 is 4.39 Å². The van der Waals surface area contributed by atoms with E-state index in [1.54, 1.807) is 18.2 Å². The Morgan fingerprint density at radius 3 is 2.58 bits per heavy atom. The highest BCUT2D eigenvalue weighted by molar-refractivity contribution is 6.05. The molecule has 3 aromatic heterocycles. The van der Waals surface area contributed by atoms with Gasteiger partial charge in [0.2, 0.25) is 5.95 Å². The van der Waals surface area contributed by atoms with Crippen LogP contribution in [-0.2, 0) is 6.54 Å². The molecule has 0 saturated carbocycles. The molecule has 1 aromatic carbocycles. The summed E-state index contributed by atoms with van der Waals surface area (Å²) in [5, 5.41) is 3.97. The molecule has 1 aliphatic heterocycles. The largest absolute Gasteiger partial charge is 0.471 e. The van der Waals surface area contributed by atoms with Crippen molar-refractivity contribution in [3.8, 4) is 0 Å². The minimum atomic E-state index is -0.695. The Morgan fingerprint density at radius 2 is 1.85 bits per heavy atom. The van der Waals surface area contributed by atoms with Gasteiger partial charge in [-0.1, -0.05) is 12.1 Å². The molecule has 0 radical (unpaired) electrons. The van der Waals surface area contributed by atoms with Crippen LogP contribution >= 0.6 is 0 Å². The van der Waals surface area contributed by atoms with Crippen LogP contribution in [0.15, 0.2) is 46.0 Å². The zero-order valence-corrected chi connectivity index (χ0v) is 17.8. The van der Waals surface area contributed by atoms with Gasteiger partial charge in [0, 0.05) is 56.1 Å². The number of aromatic nitrogens is 2. The third-order valence-corrected chi connectivity index (χ3v) is 6.05. The minimum Gasteiger partial charge on any atom is -0.471 e. The summed E-state index contributed by atoms with van der Waals surface area (Å²) in [6, 6.07) is 6.55. The first-order chi connectivity index (χ1) is 16.0. The van der Waals surface area contributed by atoms with E-state index in [0.717, 1.165) is 0 Å². The normalized spacial score (nSPS) is 14.8. The summed E-state index contributed by atoms with van der Waals surface area (Å²) in [5.74, 6) is -1.60. The number of anilines is 1. The van der Waals surface area contributed by atoms with E-state index < -0.39 is 23.2 Å². The van der Waals surface area contributed by atoms with Crippen LogP contribution in [0.1, 0.15) is 16.1 Å². The molecule has 1 aliphatic rings. The molecule has 0 bridgehead atoms. The molecule has 1 fully saturated rings. The summed E-state index contributed by atoms with van der Waals surface area (Å²) in [6.07, 6.45) is 2.80. The van der Waals surface area contributed by atoms with Gasteiger partial charge in [0.05, 0.1) is 22.9 Å². The van der Waals surface area contributed by atoms with Crippen molar-refractivity contribution in [3.05, 3.63) is 70.2 Å². The van der Waals surface area contributed by atoms with E-state index in [-0.39, 0.29) is 11.2 Å². The van der Waals surface area contributed by atoms with Crippen LogP contribution in [0.2, 0.25) is 0 Å². The Balaban J connectivity index is 1.31. The number of pyridine rings is 2. The zero-order valence-electron chi connectivity index (χ0n) is 17.8. The van der Waals surface area contributed by atoms with E-state index in [1.807, 2.05) is 4.90 Å². The number of carbonyl (C=O) groups excluding carboxylic acids is 1. The minimum absolute atomic E-state index is 0.0231. The smallest absolute Gasteiger partial charge is 0.269 e. The molecule has 5 rings (SSSR count). The Hall–Kier alpha value is -3.79. The van der Waals surface area contributed by atoms with Gasteiger partial charge in [-0.15, -0.1) is 0 Å². The van der Waals surface area contributed by atoms with E-state index in [1.165, 1.54) is 25.6 Å². The molecule has 0 spiro atoms. The number of hydrogen-bond acceptors (Lipinski definition) is 6. The summed E-state index contributed by atoms with van der Waals surface area (Å²) in [5.41, 5.74) is 0.594. The van der Waals surface area contributed by atoms with Gasteiger partial charge in [0.25, 0.3) is 11.5 Å². The first-order valence-electron chi connectivity index (χ1n) is 10.5. The van der Waals surface area contributed by atoms with E-state index in [4.69, 9.17) is 4.42 Å². The molecule has 2 N–H and O–H groups in total. The van der Waals surface area contributed by atoms with Crippen molar-refractivity contribution in [2.45, 2.75) is 6.54 Å². The number of carbonyl (C=O) groups is 1.